The molecule has 2 rings (SSSR count). The number of hydrogen-bond acceptors (Lipinski definition) is 6. The molecule has 0 bridgehead atoms. The number of carbonyl (C=O) groups excluding carboxylic acids is 1. The highest BCUT2D eigenvalue weighted by Crippen LogP contribution is 2.13. The minimum absolute atomic E-state index is 0.0289. The van der Waals surface area contributed by atoms with Crippen molar-refractivity contribution in [2.75, 3.05) is 19.0 Å². The van der Waals surface area contributed by atoms with E-state index in [9.17, 15) is 18.5 Å². The summed E-state index contributed by atoms with van der Waals surface area (Å²) in [5.41, 5.74) is 1.42. The predicted molar refractivity (Wildman–Crippen MR) is 105 cm³/mol. The molecule has 146 valence electrons. The molecule has 0 radical (unpaired) electrons. The number of sulfonamides is 1. The molecule has 2 aromatic carbocycles. The van der Waals surface area contributed by atoms with E-state index in [2.05, 4.69) is 10.6 Å². The van der Waals surface area contributed by atoms with Gasteiger partial charge in [0.1, 0.15) is 17.4 Å². The lowest BCUT2D eigenvalue weighted by molar-refractivity contribution is -0.117. The van der Waals surface area contributed by atoms with E-state index in [0.717, 1.165) is 11.3 Å². The standard InChI is InChI=1S/C19H20N4O4S/c1-27-17-6-2-14(3-7-17)10-11-22-19(24)15(12-20)13-23-16-4-8-18(9-5-16)28(21,25)26/h2-9,13,23H,10-11H2,1H3,(H,22,24)(H2,21,25,26)/b15-13-. The molecule has 0 aromatic heterocycles. The number of primary sulfonamides is 1. The molecular weight excluding hydrogens is 380 g/mol. The Balaban J connectivity index is 1.90. The maximum atomic E-state index is 12.1. The Labute approximate surface area is 163 Å². The number of carbonyl (C=O) groups is 1. The highest BCUT2D eigenvalue weighted by molar-refractivity contribution is 7.89. The number of hydrogen-bond donors (Lipinski definition) is 3. The van der Waals surface area contributed by atoms with Crippen LogP contribution < -0.4 is 20.5 Å². The van der Waals surface area contributed by atoms with Gasteiger partial charge in [0.25, 0.3) is 5.91 Å². The average Bonchev–Trinajstić information content (AvgIpc) is 2.68. The van der Waals surface area contributed by atoms with Crippen LogP contribution in [0.1, 0.15) is 5.56 Å². The SMILES string of the molecule is COc1ccc(CCNC(=O)/C(C#N)=C\Nc2ccc(S(N)(=O)=O)cc2)cc1. The Bertz CT molecular complexity index is 992. The molecule has 4 N–H and O–H groups in total. The molecule has 2 aromatic rings. The van der Waals surface area contributed by atoms with Crippen LogP contribution in [-0.4, -0.2) is 28.0 Å². The molecule has 0 heterocycles. The van der Waals surface area contributed by atoms with E-state index in [1.807, 2.05) is 30.3 Å². The number of rotatable bonds is 8. The molecule has 0 saturated heterocycles. The number of nitrogens with two attached hydrogens (primary N) is 1. The lowest BCUT2D eigenvalue weighted by Crippen LogP contribution is -2.27. The highest BCUT2D eigenvalue weighted by atomic mass is 32.2. The van der Waals surface area contributed by atoms with Crippen molar-refractivity contribution in [1.29, 1.82) is 5.26 Å². The first kappa shape index (κ1) is 21.0. The largest absolute Gasteiger partial charge is 0.497 e. The van der Waals surface area contributed by atoms with Crippen LogP contribution in [0.4, 0.5) is 5.69 Å². The topological polar surface area (TPSA) is 134 Å². The van der Waals surface area contributed by atoms with Crippen molar-refractivity contribution in [3.63, 3.8) is 0 Å². The van der Waals surface area contributed by atoms with Gasteiger partial charge < -0.3 is 15.4 Å². The summed E-state index contributed by atoms with van der Waals surface area (Å²) in [5, 5.41) is 19.7. The van der Waals surface area contributed by atoms with Crippen LogP contribution in [0.2, 0.25) is 0 Å². The summed E-state index contributed by atoms with van der Waals surface area (Å²) >= 11 is 0. The second kappa shape index (κ2) is 9.55. The molecule has 0 atom stereocenters. The maximum absolute atomic E-state index is 12.1. The van der Waals surface area contributed by atoms with E-state index >= 15 is 0 Å². The first-order chi connectivity index (χ1) is 13.3. The Hall–Kier alpha value is -3.35. The van der Waals surface area contributed by atoms with E-state index < -0.39 is 15.9 Å². The number of nitrogens with zero attached hydrogens (tertiary/aromatic N) is 1. The van der Waals surface area contributed by atoms with Crippen molar-refractivity contribution >= 4 is 21.6 Å². The van der Waals surface area contributed by atoms with E-state index in [1.54, 1.807) is 7.11 Å². The normalized spacial score (nSPS) is 11.4. The van der Waals surface area contributed by atoms with Crippen LogP contribution in [0, 0.1) is 11.3 Å². The molecule has 0 spiro atoms. The average molecular weight is 400 g/mol. The molecule has 0 unspecified atom stereocenters. The van der Waals surface area contributed by atoms with Gasteiger partial charge in [-0.05, 0) is 48.4 Å². The van der Waals surface area contributed by atoms with Gasteiger partial charge in [-0.3, -0.25) is 4.79 Å². The predicted octanol–water partition coefficient (Wildman–Crippen LogP) is 1.52. The quantitative estimate of drug-likeness (QED) is 0.454. The van der Waals surface area contributed by atoms with Crippen LogP contribution in [-0.2, 0) is 21.2 Å². The zero-order chi connectivity index (χ0) is 20.6. The lowest BCUT2D eigenvalue weighted by atomic mass is 10.1. The smallest absolute Gasteiger partial charge is 0.263 e. The third-order valence-electron chi connectivity index (χ3n) is 3.79. The summed E-state index contributed by atoms with van der Waals surface area (Å²) in [4.78, 5) is 12.1. The molecule has 28 heavy (non-hydrogen) atoms. The Morgan fingerprint density at radius 3 is 2.36 bits per heavy atom. The molecule has 8 nitrogen and oxygen atoms in total. The molecular formula is C19H20N4O4S. The summed E-state index contributed by atoms with van der Waals surface area (Å²) in [6.07, 6.45) is 1.87. The fraction of sp³-hybridized carbons (Fsp3) is 0.158. The third-order valence-corrected chi connectivity index (χ3v) is 4.72. The van der Waals surface area contributed by atoms with Crippen LogP contribution in [0.15, 0.2) is 65.2 Å². The van der Waals surface area contributed by atoms with Gasteiger partial charge in [0, 0.05) is 18.4 Å². The number of anilines is 1. The van der Waals surface area contributed by atoms with E-state index in [1.165, 1.54) is 30.5 Å². The van der Waals surface area contributed by atoms with Crippen molar-refractivity contribution in [1.82, 2.24) is 5.32 Å². The summed E-state index contributed by atoms with van der Waals surface area (Å²) in [5.74, 6) is 0.246. The van der Waals surface area contributed by atoms with Gasteiger partial charge in [0.05, 0.1) is 12.0 Å². The minimum Gasteiger partial charge on any atom is -0.497 e. The molecule has 9 heteroatoms. The molecule has 1 amide bonds. The summed E-state index contributed by atoms with van der Waals surface area (Å²) in [6.45, 7) is 0.368. The maximum Gasteiger partial charge on any atom is 0.263 e. The number of nitriles is 1. The zero-order valence-electron chi connectivity index (χ0n) is 15.2. The summed E-state index contributed by atoms with van der Waals surface area (Å²) in [7, 11) is -2.18. The van der Waals surface area contributed by atoms with Crippen LogP contribution in [0.3, 0.4) is 0 Å². The van der Waals surface area contributed by atoms with E-state index in [4.69, 9.17) is 9.88 Å². The van der Waals surface area contributed by atoms with Gasteiger partial charge in [-0.2, -0.15) is 5.26 Å². The lowest BCUT2D eigenvalue weighted by Gasteiger charge is -2.06. The number of ether oxygens (including phenoxy) is 1. The second-order valence-electron chi connectivity index (χ2n) is 5.74. The van der Waals surface area contributed by atoms with Gasteiger partial charge >= 0.3 is 0 Å². The number of benzene rings is 2. The zero-order valence-corrected chi connectivity index (χ0v) is 16.0. The van der Waals surface area contributed by atoms with Crippen LogP contribution >= 0.6 is 0 Å². The van der Waals surface area contributed by atoms with Crippen molar-refractivity contribution in [3.05, 3.63) is 65.9 Å². The van der Waals surface area contributed by atoms with Crippen LogP contribution in [0.25, 0.3) is 0 Å². The fourth-order valence-electron chi connectivity index (χ4n) is 2.25. The Morgan fingerprint density at radius 1 is 1.18 bits per heavy atom. The number of nitrogens with one attached hydrogen (secondary N) is 2. The van der Waals surface area contributed by atoms with Gasteiger partial charge in [-0.1, -0.05) is 12.1 Å². The van der Waals surface area contributed by atoms with E-state index in [-0.39, 0.29) is 10.5 Å². The van der Waals surface area contributed by atoms with Crippen molar-refractivity contribution in [3.8, 4) is 11.8 Å². The Kier molecular flexibility index (Phi) is 7.14. The Morgan fingerprint density at radius 2 is 1.82 bits per heavy atom. The molecule has 0 aliphatic rings. The highest BCUT2D eigenvalue weighted by Gasteiger charge is 2.09. The first-order valence-corrected chi connectivity index (χ1v) is 9.79. The van der Waals surface area contributed by atoms with Crippen molar-refractivity contribution < 1.29 is 17.9 Å². The fourth-order valence-corrected chi connectivity index (χ4v) is 2.77. The minimum atomic E-state index is -3.77. The second-order valence-corrected chi connectivity index (χ2v) is 7.30. The molecule has 0 aliphatic carbocycles. The summed E-state index contributed by atoms with van der Waals surface area (Å²) < 4.78 is 27.5. The third kappa shape index (κ3) is 6.12. The molecule has 0 saturated carbocycles. The van der Waals surface area contributed by atoms with Crippen molar-refractivity contribution in [2.45, 2.75) is 11.3 Å². The van der Waals surface area contributed by atoms with Gasteiger partial charge in [0.15, 0.2) is 0 Å². The van der Waals surface area contributed by atoms with Crippen molar-refractivity contribution in [2.24, 2.45) is 5.14 Å². The first-order valence-electron chi connectivity index (χ1n) is 8.24. The van der Waals surface area contributed by atoms with E-state index in [0.29, 0.717) is 18.7 Å². The van der Waals surface area contributed by atoms with Gasteiger partial charge in [-0.25, -0.2) is 13.6 Å². The summed E-state index contributed by atoms with van der Waals surface area (Å²) in [6, 6.07) is 14.9. The van der Waals surface area contributed by atoms with Crippen LogP contribution in [0.5, 0.6) is 5.75 Å². The number of methoxy groups -OCH3 is 1. The number of amides is 1. The monoisotopic (exact) mass is 400 g/mol. The van der Waals surface area contributed by atoms with Gasteiger partial charge in [-0.15, -0.1) is 0 Å². The van der Waals surface area contributed by atoms with Gasteiger partial charge in [0.2, 0.25) is 10.0 Å². The molecule has 0 fully saturated rings. The molecule has 0 aliphatic heterocycles.